The van der Waals surface area contributed by atoms with Crippen LogP contribution in [0.5, 0.6) is 0 Å². The Bertz CT molecular complexity index is 1270. The van der Waals surface area contributed by atoms with E-state index in [9.17, 15) is 23.4 Å². The van der Waals surface area contributed by atoms with Gasteiger partial charge in [-0.25, -0.2) is 8.42 Å². The van der Waals surface area contributed by atoms with Gasteiger partial charge in [0.1, 0.15) is 6.61 Å². The van der Waals surface area contributed by atoms with Crippen LogP contribution in [0.2, 0.25) is 18.1 Å². The molecule has 2 N–H and O–H groups in total. The number of sulfone groups is 1. The highest BCUT2D eigenvalue weighted by Gasteiger charge is 2.39. The van der Waals surface area contributed by atoms with Crippen LogP contribution in [0.3, 0.4) is 0 Å². The normalized spacial score (nSPS) is 15.1. The molecule has 2 aromatic rings. The lowest BCUT2D eigenvalue weighted by Gasteiger charge is -2.36. The van der Waals surface area contributed by atoms with Crippen LogP contribution >= 0.6 is 0 Å². The zero-order chi connectivity index (χ0) is 32.5. The summed E-state index contributed by atoms with van der Waals surface area (Å²) in [7, 11) is -5.37. The molecule has 242 valence electrons. The minimum atomic E-state index is -3.34. The molecule has 7 nitrogen and oxygen atoms in total. The fourth-order valence-electron chi connectivity index (χ4n) is 4.93. The largest absolute Gasteiger partial charge is 0.460 e. The number of benzene rings is 2. The topological polar surface area (TPSA) is 110 Å². The van der Waals surface area contributed by atoms with E-state index in [0.717, 1.165) is 16.7 Å². The molecule has 0 radical (unpaired) electrons. The third-order valence-electron chi connectivity index (χ3n) is 8.71. The minimum Gasteiger partial charge on any atom is -0.460 e. The van der Waals surface area contributed by atoms with E-state index < -0.39 is 35.1 Å². The highest BCUT2D eigenvalue weighted by Crippen LogP contribution is 2.37. The molecule has 0 fully saturated rings. The first-order valence-electron chi connectivity index (χ1n) is 15.2. The molecule has 2 atom stereocenters. The van der Waals surface area contributed by atoms with Crippen molar-refractivity contribution in [2.45, 2.75) is 103 Å². The fourth-order valence-corrected chi connectivity index (χ4v) is 7.94. The zero-order valence-corrected chi connectivity index (χ0v) is 29.3. The number of carbonyl (C=O) groups excluding carboxylic acids is 1. The molecule has 0 spiro atoms. The lowest BCUT2D eigenvalue weighted by Crippen LogP contribution is -2.42. The van der Waals surface area contributed by atoms with E-state index in [0.29, 0.717) is 19.3 Å². The van der Waals surface area contributed by atoms with E-state index >= 15 is 0 Å². The van der Waals surface area contributed by atoms with Crippen molar-refractivity contribution in [3.63, 3.8) is 0 Å². The number of rotatable bonds is 17. The van der Waals surface area contributed by atoms with Crippen molar-refractivity contribution in [1.82, 2.24) is 0 Å². The Hall–Kier alpha value is -2.04. The van der Waals surface area contributed by atoms with Crippen LogP contribution in [0.4, 0.5) is 0 Å². The van der Waals surface area contributed by atoms with Gasteiger partial charge in [-0.15, -0.1) is 0 Å². The van der Waals surface area contributed by atoms with Crippen molar-refractivity contribution in [3.05, 3.63) is 71.3 Å². The summed E-state index contributed by atoms with van der Waals surface area (Å²) < 4.78 is 38.1. The van der Waals surface area contributed by atoms with E-state index in [4.69, 9.17) is 9.16 Å². The molecule has 43 heavy (non-hydrogen) atoms. The summed E-state index contributed by atoms with van der Waals surface area (Å²) in [6, 6.07) is 17.0. The zero-order valence-electron chi connectivity index (χ0n) is 27.5. The number of aliphatic hydroxyl groups excluding tert-OH is 2. The summed E-state index contributed by atoms with van der Waals surface area (Å²) in [5.41, 5.74) is 0.995. The fraction of sp³-hybridized carbons (Fsp3) is 0.618. The first-order valence-corrected chi connectivity index (χ1v) is 20.0. The van der Waals surface area contributed by atoms with Crippen molar-refractivity contribution >= 4 is 24.1 Å². The number of aliphatic hydroxyl groups is 2. The van der Waals surface area contributed by atoms with Gasteiger partial charge in [0.05, 0.1) is 29.6 Å². The number of carbonyl (C=O) groups is 1. The molecule has 0 amide bonds. The highest BCUT2D eigenvalue weighted by atomic mass is 32.2. The maximum atomic E-state index is 13.7. The standard InChI is InChI=1S/C34H54O7SSi/c1-32(2,3)43(7,8)41-20-21-42(38,39)26-33(4,5)18-13-19-34(6,31(37)40-25-27-14-10-9-11-15-27)29-17-12-16-28(22-29)23-30(36)24-35/h9-12,14-17,22,30,35-36H,13,18-21,23-26H2,1-8H3/t30-,34-/m1/s1. The molecule has 0 aliphatic heterocycles. The van der Waals surface area contributed by atoms with Crippen LogP contribution in [0.15, 0.2) is 54.6 Å². The third-order valence-corrected chi connectivity index (χ3v) is 15.3. The molecule has 0 aliphatic rings. The van der Waals surface area contributed by atoms with Crippen molar-refractivity contribution < 1.29 is 32.6 Å². The van der Waals surface area contributed by atoms with Gasteiger partial charge in [-0.1, -0.05) is 95.6 Å². The number of ether oxygens (including phenoxy) is 1. The molecule has 2 aromatic carbocycles. The molecule has 0 saturated heterocycles. The van der Waals surface area contributed by atoms with Crippen molar-refractivity contribution in [1.29, 1.82) is 0 Å². The Kier molecular flexibility index (Phi) is 13.2. The van der Waals surface area contributed by atoms with Crippen molar-refractivity contribution in [2.75, 3.05) is 24.7 Å². The summed E-state index contributed by atoms with van der Waals surface area (Å²) in [6.45, 7) is 16.4. The lowest BCUT2D eigenvalue weighted by atomic mass is 9.75. The minimum absolute atomic E-state index is 0.00104. The highest BCUT2D eigenvalue weighted by molar-refractivity contribution is 7.91. The van der Waals surface area contributed by atoms with Gasteiger partial charge in [-0.05, 0) is 60.0 Å². The molecular weight excluding hydrogens is 581 g/mol. The number of esters is 1. The molecule has 0 aromatic heterocycles. The van der Waals surface area contributed by atoms with Gasteiger partial charge in [0.25, 0.3) is 0 Å². The van der Waals surface area contributed by atoms with Crippen LogP contribution in [-0.4, -0.2) is 63.7 Å². The Balaban J connectivity index is 2.14. The van der Waals surface area contributed by atoms with Crippen LogP contribution in [0.25, 0.3) is 0 Å². The van der Waals surface area contributed by atoms with Gasteiger partial charge in [0.15, 0.2) is 18.2 Å². The Morgan fingerprint density at radius 1 is 0.930 bits per heavy atom. The van der Waals surface area contributed by atoms with Crippen LogP contribution in [0, 0.1) is 5.41 Å². The first-order chi connectivity index (χ1) is 19.8. The van der Waals surface area contributed by atoms with Gasteiger partial charge < -0.3 is 19.4 Å². The maximum absolute atomic E-state index is 13.7. The monoisotopic (exact) mass is 634 g/mol. The first kappa shape index (κ1) is 37.1. The molecule has 0 aliphatic carbocycles. The Morgan fingerprint density at radius 2 is 1.56 bits per heavy atom. The molecule has 0 heterocycles. The van der Waals surface area contributed by atoms with Gasteiger partial charge >= 0.3 is 5.97 Å². The van der Waals surface area contributed by atoms with E-state index in [-0.39, 0.29) is 48.8 Å². The van der Waals surface area contributed by atoms with E-state index in [1.54, 1.807) is 0 Å². The Labute approximate surface area is 261 Å². The maximum Gasteiger partial charge on any atom is 0.316 e. The van der Waals surface area contributed by atoms with Crippen LogP contribution in [0.1, 0.15) is 77.5 Å². The number of hydrogen-bond acceptors (Lipinski definition) is 7. The van der Waals surface area contributed by atoms with Gasteiger partial charge in [-0.2, -0.15) is 0 Å². The van der Waals surface area contributed by atoms with Crippen molar-refractivity contribution in [2.24, 2.45) is 5.41 Å². The average molecular weight is 635 g/mol. The quantitative estimate of drug-likeness (QED) is 0.157. The summed E-state index contributed by atoms with van der Waals surface area (Å²) in [6.07, 6.45) is 1.07. The number of hydrogen-bond donors (Lipinski definition) is 2. The van der Waals surface area contributed by atoms with Gasteiger partial charge in [-0.3, -0.25) is 4.79 Å². The molecule has 0 bridgehead atoms. The summed E-state index contributed by atoms with van der Waals surface area (Å²) in [4.78, 5) is 13.7. The molecule has 0 unspecified atom stereocenters. The second kappa shape index (κ2) is 15.3. The molecule has 0 saturated carbocycles. The SMILES string of the molecule is CC(C)(CCC[C@@](C)(C(=O)OCc1ccccc1)c1cccc(C[C@@H](O)CO)c1)CS(=O)(=O)CCO[Si](C)(C)C(C)(C)C. The third kappa shape index (κ3) is 11.8. The Morgan fingerprint density at radius 3 is 2.16 bits per heavy atom. The second-order valence-corrected chi connectivity index (χ2v) is 21.3. The lowest BCUT2D eigenvalue weighted by molar-refractivity contribution is -0.151. The summed E-state index contributed by atoms with van der Waals surface area (Å²) >= 11 is 0. The average Bonchev–Trinajstić information content (AvgIpc) is 2.90. The van der Waals surface area contributed by atoms with Gasteiger partial charge in [0.2, 0.25) is 0 Å². The second-order valence-electron chi connectivity index (χ2n) is 14.4. The van der Waals surface area contributed by atoms with E-state index in [1.807, 2.05) is 75.4 Å². The molecule has 9 heteroatoms. The smallest absolute Gasteiger partial charge is 0.316 e. The predicted octanol–water partition coefficient (Wildman–Crippen LogP) is 6.22. The summed E-state index contributed by atoms with van der Waals surface area (Å²) in [5.74, 6) is -0.312. The van der Waals surface area contributed by atoms with E-state index in [1.165, 1.54) is 0 Å². The van der Waals surface area contributed by atoms with E-state index in [2.05, 4.69) is 33.9 Å². The molecular formula is C34H54O7SSi. The predicted molar refractivity (Wildman–Crippen MR) is 176 cm³/mol. The van der Waals surface area contributed by atoms with Crippen LogP contribution < -0.4 is 0 Å². The summed E-state index contributed by atoms with van der Waals surface area (Å²) in [5, 5.41) is 19.3. The molecule has 2 rings (SSSR count). The van der Waals surface area contributed by atoms with Crippen LogP contribution in [-0.2, 0) is 42.2 Å². The van der Waals surface area contributed by atoms with Gasteiger partial charge in [0, 0.05) is 13.0 Å². The van der Waals surface area contributed by atoms with Crippen molar-refractivity contribution in [3.8, 4) is 0 Å².